The van der Waals surface area contributed by atoms with Gasteiger partial charge in [-0.3, -0.25) is 4.79 Å². The molecule has 36 heavy (non-hydrogen) atoms. The minimum absolute atomic E-state index is 0.217. The van der Waals surface area contributed by atoms with E-state index in [-0.39, 0.29) is 18.3 Å². The van der Waals surface area contributed by atoms with Crippen LogP contribution in [0, 0.1) is 5.82 Å². The number of ether oxygens (including phenoxy) is 3. The van der Waals surface area contributed by atoms with E-state index in [1.54, 1.807) is 68.6 Å². The maximum Gasteiger partial charge on any atom is 0.319 e. The molecule has 1 aliphatic rings. The van der Waals surface area contributed by atoms with Gasteiger partial charge in [0.15, 0.2) is 11.5 Å². The van der Waals surface area contributed by atoms with Gasteiger partial charge in [0, 0.05) is 11.4 Å². The third kappa shape index (κ3) is 5.57. The number of hydrogen-bond acceptors (Lipinski definition) is 5. The summed E-state index contributed by atoms with van der Waals surface area (Å²) in [5.74, 6) is 0.873. The highest BCUT2D eigenvalue weighted by molar-refractivity contribution is 6.06. The molecule has 9 heteroatoms. The third-order valence-corrected chi connectivity index (χ3v) is 5.69. The molecule has 0 spiro atoms. The summed E-state index contributed by atoms with van der Waals surface area (Å²) in [6.07, 6.45) is 0. The van der Waals surface area contributed by atoms with Gasteiger partial charge < -0.3 is 30.2 Å². The summed E-state index contributed by atoms with van der Waals surface area (Å²) in [4.78, 5) is 25.5. The highest BCUT2D eigenvalue weighted by Gasteiger charge is 2.32. The molecule has 1 aliphatic heterocycles. The fourth-order valence-corrected chi connectivity index (χ4v) is 3.84. The summed E-state index contributed by atoms with van der Waals surface area (Å²) >= 11 is 0. The first-order valence-electron chi connectivity index (χ1n) is 11.2. The van der Waals surface area contributed by atoms with E-state index in [4.69, 9.17) is 14.2 Å². The largest absolute Gasteiger partial charge is 0.497 e. The number of rotatable bonds is 8. The molecular formula is C27H26FN3O5. The molecule has 0 aliphatic carbocycles. The van der Waals surface area contributed by atoms with Gasteiger partial charge in [-0.15, -0.1) is 0 Å². The summed E-state index contributed by atoms with van der Waals surface area (Å²) in [6, 6.07) is 17.0. The van der Waals surface area contributed by atoms with E-state index in [1.165, 1.54) is 19.2 Å². The summed E-state index contributed by atoms with van der Waals surface area (Å²) < 4.78 is 29.7. The predicted molar refractivity (Wildman–Crippen MR) is 132 cm³/mol. The molecule has 4 rings (SSSR count). The Morgan fingerprint density at radius 1 is 0.972 bits per heavy atom. The van der Waals surface area contributed by atoms with Crippen LogP contribution >= 0.6 is 0 Å². The van der Waals surface area contributed by atoms with Gasteiger partial charge in [0.2, 0.25) is 0 Å². The molecule has 3 N–H and O–H groups in total. The summed E-state index contributed by atoms with van der Waals surface area (Å²) in [5.41, 5.74) is 2.80. The Balaban J connectivity index is 1.57. The first-order chi connectivity index (χ1) is 17.4. The molecule has 0 unspecified atom stereocenters. The first-order valence-corrected chi connectivity index (χ1v) is 11.2. The van der Waals surface area contributed by atoms with Crippen LogP contribution in [0.1, 0.15) is 24.1 Å². The predicted octanol–water partition coefficient (Wildman–Crippen LogP) is 4.69. The summed E-state index contributed by atoms with van der Waals surface area (Å²) in [6.45, 7) is 1.89. The van der Waals surface area contributed by atoms with Gasteiger partial charge in [-0.2, -0.15) is 0 Å². The summed E-state index contributed by atoms with van der Waals surface area (Å²) in [5, 5.41) is 8.34. The zero-order valence-corrected chi connectivity index (χ0v) is 20.1. The lowest BCUT2D eigenvalue weighted by Gasteiger charge is -2.29. The van der Waals surface area contributed by atoms with Crippen molar-refractivity contribution in [3.63, 3.8) is 0 Å². The lowest BCUT2D eigenvalue weighted by atomic mass is 9.94. The van der Waals surface area contributed by atoms with Crippen molar-refractivity contribution in [2.75, 3.05) is 19.5 Å². The van der Waals surface area contributed by atoms with E-state index in [0.717, 1.165) is 5.56 Å². The molecule has 186 valence electrons. The SMILES string of the molecule is COc1ccc(NC(=O)C2=C(C)NC(=O)N[C@H]2c2ccc(OCc3ccc(F)cc3)c(OC)c2)cc1. The Morgan fingerprint density at radius 2 is 1.69 bits per heavy atom. The van der Waals surface area contributed by atoms with Gasteiger partial charge in [0.05, 0.1) is 25.8 Å². The Morgan fingerprint density at radius 3 is 2.36 bits per heavy atom. The van der Waals surface area contributed by atoms with Crippen molar-refractivity contribution in [1.82, 2.24) is 10.6 Å². The van der Waals surface area contributed by atoms with E-state index in [2.05, 4.69) is 16.0 Å². The number of hydrogen-bond donors (Lipinski definition) is 3. The second kappa shape index (κ2) is 10.8. The standard InChI is InChI=1S/C27H26FN3O5/c1-16-24(26(32)30-20-9-11-21(34-2)12-10-20)25(31-27(33)29-16)18-6-13-22(23(14-18)35-3)36-15-17-4-7-19(28)8-5-17/h4-14,25H,15H2,1-3H3,(H,30,32)(H2,29,31,33)/t25-/m0/s1. The third-order valence-electron chi connectivity index (χ3n) is 5.69. The summed E-state index contributed by atoms with van der Waals surface area (Å²) in [7, 11) is 3.07. The molecule has 3 aromatic carbocycles. The van der Waals surface area contributed by atoms with E-state index < -0.39 is 12.1 Å². The average molecular weight is 492 g/mol. The number of amides is 3. The Kier molecular flexibility index (Phi) is 7.39. The quantitative estimate of drug-likeness (QED) is 0.425. The number of benzene rings is 3. The van der Waals surface area contributed by atoms with Crippen molar-refractivity contribution in [3.05, 3.63) is 94.9 Å². The van der Waals surface area contributed by atoms with Gasteiger partial charge >= 0.3 is 6.03 Å². The topological polar surface area (TPSA) is 97.9 Å². The molecule has 1 atom stereocenters. The van der Waals surface area contributed by atoms with Crippen molar-refractivity contribution in [3.8, 4) is 17.2 Å². The molecule has 8 nitrogen and oxygen atoms in total. The molecule has 1 heterocycles. The molecule has 0 saturated carbocycles. The Labute approximate surface area is 208 Å². The van der Waals surface area contributed by atoms with E-state index >= 15 is 0 Å². The molecular weight excluding hydrogens is 465 g/mol. The molecule has 0 aromatic heterocycles. The fraction of sp³-hybridized carbons (Fsp3) is 0.185. The number of carbonyl (C=O) groups is 2. The van der Waals surface area contributed by atoms with Crippen molar-refractivity contribution >= 4 is 17.6 Å². The normalized spacial score (nSPS) is 15.0. The highest BCUT2D eigenvalue weighted by atomic mass is 19.1. The second-order valence-corrected chi connectivity index (χ2v) is 8.08. The van der Waals surface area contributed by atoms with Gasteiger partial charge in [0.1, 0.15) is 18.2 Å². The number of allylic oxidation sites excluding steroid dienone is 1. The number of nitrogens with one attached hydrogen (secondary N) is 3. The maximum absolute atomic E-state index is 13.3. The number of methoxy groups -OCH3 is 2. The average Bonchev–Trinajstić information content (AvgIpc) is 2.88. The number of carbonyl (C=O) groups excluding carboxylic acids is 2. The molecule has 0 saturated heterocycles. The lowest BCUT2D eigenvalue weighted by Crippen LogP contribution is -2.45. The van der Waals surface area contributed by atoms with Crippen molar-refractivity contribution in [2.24, 2.45) is 0 Å². The van der Waals surface area contributed by atoms with Gasteiger partial charge in [0.25, 0.3) is 5.91 Å². The molecule has 3 aromatic rings. The fourth-order valence-electron chi connectivity index (χ4n) is 3.84. The monoisotopic (exact) mass is 491 g/mol. The molecule has 0 fully saturated rings. The van der Waals surface area contributed by atoms with Crippen molar-refractivity contribution in [2.45, 2.75) is 19.6 Å². The molecule has 3 amide bonds. The van der Waals surface area contributed by atoms with Crippen molar-refractivity contribution in [1.29, 1.82) is 0 Å². The Bertz CT molecular complexity index is 1290. The van der Waals surface area contributed by atoms with E-state index in [0.29, 0.717) is 39.8 Å². The number of urea groups is 1. The van der Waals surface area contributed by atoms with Gasteiger partial charge in [-0.1, -0.05) is 18.2 Å². The van der Waals surface area contributed by atoms with Crippen LogP contribution in [-0.4, -0.2) is 26.2 Å². The smallest absolute Gasteiger partial charge is 0.319 e. The van der Waals surface area contributed by atoms with Gasteiger partial charge in [-0.05, 0) is 66.6 Å². The van der Waals surface area contributed by atoms with E-state index in [9.17, 15) is 14.0 Å². The zero-order valence-electron chi connectivity index (χ0n) is 20.1. The van der Waals surface area contributed by atoms with E-state index in [1.807, 2.05) is 0 Å². The second-order valence-electron chi connectivity index (χ2n) is 8.08. The van der Waals surface area contributed by atoms with Crippen LogP contribution in [0.25, 0.3) is 0 Å². The maximum atomic E-state index is 13.3. The van der Waals surface area contributed by atoms with Crippen LogP contribution < -0.4 is 30.2 Å². The van der Waals surface area contributed by atoms with Crippen LogP contribution in [0.5, 0.6) is 17.2 Å². The number of halogens is 1. The first kappa shape index (κ1) is 24.6. The number of anilines is 1. The minimum Gasteiger partial charge on any atom is -0.497 e. The molecule has 0 radical (unpaired) electrons. The van der Waals surface area contributed by atoms with Gasteiger partial charge in [-0.25, -0.2) is 9.18 Å². The van der Waals surface area contributed by atoms with Crippen molar-refractivity contribution < 1.29 is 28.2 Å². The van der Waals surface area contributed by atoms with Crippen LogP contribution in [0.4, 0.5) is 14.9 Å². The lowest BCUT2D eigenvalue weighted by molar-refractivity contribution is -0.113. The minimum atomic E-state index is -0.725. The Hall–Kier alpha value is -4.53. The zero-order chi connectivity index (χ0) is 25.7. The van der Waals surface area contributed by atoms with Crippen LogP contribution in [0.2, 0.25) is 0 Å². The van der Waals surface area contributed by atoms with Crippen LogP contribution in [0.3, 0.4) is 0 Å². The van der Waals surface area contributed by atoms with Crippen LogP contribution in [-0.2, 0) is 11.4 Å². The highest BCUT2D eigenvalue weighted by Crippen LogP contribution is 2.35. The van der Waals surface area contributed by atoms with Crippen LogP contribution in [0.15, 0.2) is 78.0 Å². The molecule has 0 bridgehead atoms.